The third-order valence-electron chi connectivity index (χ3n) is 5.64. The van der Waals surface area contributed by atoms with E-state index in [2.05, 4.69) is 35.2 Å². The highest BCUT2D eigenvalue weighted by atomic mass is 16.5. The summed E-state index contributed by atoms with van der Waals surface area (Å²) in [5, 5.41) is 0.885. The first-order chi connectivity index (χ1) is 14.6. The molecule has 1 unspecified atom stereocenters. The van der Waals surface area contributed by atoms with Crippen LogP contribution in [0.15, 0.2) is 60.7 Å². The molecule has 1 aliphatic rings. The van der Waals surface area contributed by atoms with Gasteiger partial charge in [-0.1, -0.05) is 48.5 Å². The van der Waals surface area contributed by atoms with Crippen LogP contribution in [0.3, 0.4) is 0 Å². The lowest BCUT2D eigenvalue weighted by atomic mass is 10.0. The number of rotatable bonds is 6. The van der Waals surface area contributed by atoms with Gasteiger partial charge in [-0.25, -0.2) is 4.98 Å². The zero-order chi connectivity index (χ0) is 20.9. The molecular weight excluding hydrogens is 374 g/mol. The Kier molecular flexibility index (Phi) is 6.41. The predicted molar refractivity (Wildman–Crippen MR) is 120 cm³/mol. The van der Waals surface area contributed by atoms with Crippen molar-refractivity contribution in [3.8, 4) is 0 Å². The summed E-state index contributed by atoms with van der Waals surface area (Å²) >= 11 is 0. The monoisotopic (exact) mass is 403 g/mol. The van der Waals surface area contributed by atoms with Gasteiger partial charge in [0.15, 0.2) is 0 Å². The molecule has 2 aromatic carbocycles. The van der Waals surface area contributed by atoms with E-state index in [0.717, 1.165) is 49.1 Å². The fourth-order valence-electron chi connectivity index (χ4n) is 4.01. The van der Waals surface area contributed by atoms with Gasteiger partial charge in [0.1, 0.15) is 6.10 Å². The van der Waals surface area contributed by atoms with Gasteiger partial charge in [0, 0.05) is 32.6 Å². The quantitative estimate of drug-likeness (QED) is 0.625. The average Bonchev–Trinajstić information content (AvgIpc) is 2.78. The molecule has 1 amide bonds. The van der Waals surface area contributed by atoms with Crippen molar-refractivity contribution in [1.29, 1.82) is 0 Å². The van der Waals surface area contributed by atoms with Crippen molar-refractivity contribution >= 4 is 16.8 Å². The third-order valence-corrected chi connectivity index (χ3v) is 5.64. The van der Waals surface area contributed by atoms with E-state index in [1.807, 2.05) is 30.3 Å². The van der Waals surface area contributed by atoms with Crippen molar-refractivity contribution < 1.29 is 9.53 Å². The van der Waals surface area contributed by atoms with E-state index in [9.17, 15) is 4.79 Å². The largest absolute Gasteiger partial charge is 0.369 e. The van der Waals surface area contributed by atoms with Crippen LogP contribution >= 0.6 is 0 Å². The summed E-state index contributed by atoms with van der Waals surface area (Å²) in [5.74, 6) is -0.00891. The van der Waals surface area contributed by atoms with Crippen molar-refractivity contribution in [2.24, 2.45) is 0 Å². The number of carbonyl (C=O) groups is 1. The van der Waals surface area contributed by atoms with Crippen LogP contribution in [0.25, 0.3) is 10.9 Å². The van der Waals surface area contributed by atoms with E-state index in [0.29, 0.717) is 12.2 Å². The zero-order valence-electron chi connectivity index (χ0n) is 17.8. The van der Waals surface area contributed by atoms with Crippen LogP contribution in [0.4, 0.5) is 0 Å². The lowest BCUT2D eigenvalue weighted by molar-refractivity contribution is -0.0321. The number of hydrogen-bond donors (Lipinski definition) is 0. The molecule has 0 radical (unpaired) electrons. The molecule has 1 atom stereocenters. The van der Waals surface area contributed by atoms with Gasteiger partial charge in [-0.05, 0) is 37.1 Å². The van der Waals surface area contributed by atoms with Gasteiger partial charge in [-0.15, -0.1) is 0 Å². The first kappa shape index (κ1) is 20.5. The molecule has 5 nitrogen and oxygen atoms in total. The fourth-order valence-corrected chi connectivity index (χ4v) is 4.01. The molecule has 5 heteroatoms. The summed E-state index contributed by atoms with van der Waals surface area (Å²) in [6.07, 6.45) is 2.08. The Morgan fingerprint density at radius 3 is 2.70 bits per heavy atom. The number of carbonyl (C=O) groups excluding carboxylic acids is 1. The number of hydrogen-bond acceptors (Lipinski definition) is 4. The number of nitrogens with zero attached hydrogens (tertiary/aromatic N) is 3. The molecule has 4 rings (SSSR count). The SMILES string of the molecule is CN(C)C(=O)c1cc(C2CN(CCCc3ccccc3)CCO2)nc2ccccc12. The molecule has 0 saturated carbocycles. The number of fused-ring (bicyclic) bond motifs is 1. The highest BCUT2D eigenvalue weighted by molar-refractivity contribution is 6.06. The van der Waals surface area contributed by atoms with Crippen LogP contribution in [-0.2, 0) is 11.2 Å². The van der Waals surface area contributed by atoms with Crippen LogP contribution in [0.1, 0.15) is 34.1 Å². The van der Waals surface area contributed by atoms with Crippen LogP contribution in [0.2, 0.25) is 0 Å². The third kappa shape index (κ3) is 4.69. The van der Waals surface area contributed by atoms with E-state index in [-0.39, 0.29) is 12.0 Å². The van der Waals surface area contributed by atoms with E-state index >= 15 is 0 Å². The van der Waals surface area contributed by atoms with Crippen LogP contribution in [0.5, 0.6) is 0 Å². The van der Waals surface area contributed by atoms with Crippen molar-refractivity contribution in [3.63, 3.8) is 0 Å². The lowest BCUT2D eigenvalue weighted by Gasteiger charge is -2.33. The second-order valence-corrected chi connectivity index (χ2v) is 8.06. The van der Waals surface area contributed by atoms with Crippen molar-refractivity contribution in [2.45, 2.75) is 18.9 Å². The minimum Gasteiger partial charge on any atom is -0.369 e. The molecule has 1 aliphatic heterocycles. The Balaban J connectivity index is 1.49. The highest BCUT2D eigenvalue weighted by Gasteiger charge is 2.25. The van der Waals surface area contributed by atoms with Gasteiger partial charge >= 0.3 is 0 Å². The smallest absolute Gasteiger partial charge is 0.254 e. The van der Waals surface area contributed by atoms with E-state index < -0.39 is 0 Å². The Labute approximate surface area is 178 Å². The normalized spacial score (nSPS) is 17.2. The fraction of sp³-hybridized carbons (Fsp3) is 0.360. The van der Waals surface area contributed by atoms with Gasteiger partial charge in [-0.2, -0.15) is 0 Å². The number of para-hydroxylation sites is 1. The number of ether oxygens (including phenoxy) is 1. The first-order valence-corrected chi connectivity index (χ1v) is 10.6. The topological polar surface area (TPSA) is 45.7 Å². The highest BCUT2D eigenvalue weighted by Crippen LogP contribution is 2.26. The van der Waals surface area contributed by atoms with Crippen LogP contribution in [0, 0.1) is 0 Å². The lowest BCUT2D eigenvalue weighted by Crippen LogP contribution is -2.39. The van der Waals surface area contributed by atoms with Crippen molar-refractivity contribution in [2.75, 3.05) is 40.3 Å². The van der Waals surface area contributed by atoms with Crippen molar-refractivity contribution in [3.05, 3.63) is 77.5 Å². The van der Waals surface area contributed by atoms with Crippen molar-refractivity contribution in [1.82, 2.24) is 14.8 Å². The molecule has 30 heavy (non-hydrogen) atoms. The van der Waals surface area contributed by atoms with Gasteiger partial charge in [0.05, 0.1) is 23.4 Å². The Hall–Kier alpha value is -2.76. The van der Waals surface area contributed by atoms with Gasteiger partial charge < -0.3 is 9.64 Å². The summed E-state index contributed by atoms with van der Waals surface area (Å²) in [7, 11) is 3.56. The Morgan fingerprint density at radius 2 is 1.90 bits per heavy atom. The predicted octanol–water partition coefficient (Wildman–Crippen LogP) is 3.94. The summed E-state index contributed by atoms with van der Waals surface area (Å²) < 4.78 is 6.07. The van der Waals surface area contributed by atoms with E-state index in [1.165, 1.54) is 5.56 Å². The summed E-state index contributed by atoms with van der Waals surface area (Å²) in [4.78, 5) is 21.7. The summed E-state index contributed by atoms with van der Waals surface area (Å²) in [5.41, 5.74) is 3.74. The minimum absolute atomic E-state index is 0.00891. The molecule has 0 aliphatic carbocycles. The van der Waals surface area contributed by atoms with Gasteiger partial charge in [0.25, 0.3) is 5.91 Å². The second-order valence-electron chi connectivity index (χ2n) is 8.06. The molecule has 0 spiro atoms. The maximum atomic E-state index is 12.8. The average molecular weight is 404 g/mol. The molecule has 2 heterocycles. The first-order valence-electron chi connectivity index (χ1n) is 10.6. The molecule has 0 N–H and O–H groups in total. The number of pyridine rings is 1. The summed E-state index contributed by atoms with van der Waals surface area (Å²) in [6.45, 7) is 3.45. The molecule has 3 aromatic rings. The molecule has 1 saturated heterocycles. The van der Waals surface area contributed by atoms with E-state index in [1.54, 1.807) is 19.0 Å². The van der Waals surface area contributed by atoms with E-state index in [4.69, 9.17) is 9.72 Å². The molecular formula is C25H29N3O2. The minimum atomic E-state index is -0.117. The van der Waals surface area contributed by atoms with Crippen LogP contribution in [-0.4, -0.2) is 61.0 Å². The molecule has 1 fully saturated rings. The Morgan fingerprint density at radius 1 is 1.13 bits per heavy atom. The van der Waals surface area contributed by atoms with Gasteiger partial charge in [0.2, 0.25) is 0 Å². The van der Waals surface area contributed by atoms with Crippen LogP contribution < -0.4 is 0 Å². The number of amides is 1. The number of aryl methyl sites for hydroxylation is 1. The molecule has 0 bridgehead atoms. The zero-order valence-corrected chi connectivity index (χ0v) is 17.8. The molecule has 1 aromatic heterocycles. The van der Waals surface area contributed by atoms with Gasteiger partial charge in [-0.3, -0.25) is 9.69 Å². The molecule has 156 valence electrons. The maximum Gasteiger partial charge on any atom is 0.254 e. The number of benzene rings is 2. The standard InChI is InChI=1S/C25H29N3O2/c1-27(2)25(29)21-17-23(26-22-13-7-6-12-20(21)22)24-18-28(15-16-30-24)14-8-11-19-9-4-3-5-10-19/h3-7,9-10,12-13,17,24H,8,11,14-16,18H2,1-2H3. The second kappa shape index (κ2) is 9.37. The maximum absolute atomic E-state index is 12.8. The Bertz CT molecular complexity index is 1000. The number of morpholine rings is 1. The number of aromatic nitrogens is 1. The summed E-state index contributed by atoms with van der Waals surface area (Å²) in [6, 6.07) is 20.4.